The fourth-order valence-electron chi connectivity index (χ4n) is 4.60. The van der Waals surface area contributed by atoms with Gasteiger partial charge in [-0.3, -0.25) is 4.79 Å². The summed E-state index contributed by atoms with van der Waals surface area (Å²) >= 11 is 14.9. The number of urea groups is 1. The van der Waals surface area contributed by atoms with Crippen molar-refractivity contribution >= 4 is 70.2 Å². The van der Waals surface area contributed by atoms with Crippen molar-refractivity contribution in [2.24, 2.45) is 0 Å². The number of nitrogen functional groups attached to an aromatic ring is 1. The van der Waals surface area contributed by atoms with Crippen molar-refractivity contribution in [3.63, 3.8) is 0 Å². The lowest BCUT2D eigenvalue weighted by Gasteiger charge is -2.16. The largest absolute Gasteiger partial charge is 0.368 e. The zero-order valence-corrected chi connectivity index (χ0v) is 22.0. The average molecular weight is 561 g/mol. The molecule has 37 heavy (non-hydrogen) atoms. The third-order valence-electron chi connectivity index (χ3n) is 6.34. The van der Waals surface area contributed by atoms with Crippen molar-refractivity contribution in [1.82, 2.24) is 25.8 Å². The fourth-order valence-corrected chi connectivity index (χ4v) is 6.85. The second kappa shape index (κ2) is 11.1. The van der Waals surface area contributed by atoms with Gasteiger partial charge in [-0.2, -0.15) is 16.7 Å². The molecule has 0 saturated carbocycles. The van der Waals surface area contributed by atoms with Crippen LogP contribution < -0.4 is 27.0 Å². The van der Waals surface area contributed by atoms with E-state index in [1.807, 2.05) is 36.0 Å². The summed E-state index contributed by atoms with van der Waals surface area (Å²) in [4.78, 5) is 27.9. The molecule has 2 aromatic carbocycles. The molecule has 0 unspecified atom stereocenters. The molecule has 3 amide bonds. The highest BCUT2D eigenvalue weighted by Gasteiger charge is 2.42. The van der Waals surface area contributed by atoms with E-state index in [4.69, 9.17) is 28.9 Å². The number of thioether (sulfide) groups is 1. The van der Waals surface area contributed by atoms with Crippen LogP contribution in [0.25, 0.3) is 11.1 Å². The number of benzene rings is 2. The number of rotatable bonds is 9. The van der Waals surface area contributed by atoms with E-state index in [1.54, 1.807) is 12.1 Å². The Morgan fingerprint density at radius 1 is 1.11 bits per heavy atom. The molecular formula is C24H26Cl2N8O2S. The summed E-state index contributed by atoms with van der Waals surface area (Å²) in [5.74, 6) is 1.42. The van der Waals surface area contributed by atoms with Crippen molar-refractivity contribution in [1.29, 1.82) is 0 Å². The average Bonchev–Trinajstić information content (AvgIpc) is 3.53. The number of anilines is 4. The molecule has 0 radical (unpaired) electrons. The van der Waals surface area contributed by atoms with Gasteiger partial charge in [-0.05, 0) is 42.7 Å². The molecule has 2 fully saturated rings. The lowest BCUT2D eigenvalue weighted by Crippen LogP contribution is -2.36. The van der Waals surface area contributed by atoms with Crippen LogP contribution in [0.4, 0.5) is 28.1 Å². The van der Waals surface area contributed by atoms with E-state index in [1.165, 1.54) is 0 Å². The third kappa shape index (κ3) is 6.06. The van der Waals surface area contributed by atoms with Gasteiger partial charge in [0.1, 0.15) is 0 Å². The number of unbranched alkanes of at least 4 members (excludes halogenated alkanes) is 1. The first kappa shape index (κ1) is 25.5. The number of nitrogens with one attached hydrogen (secondary N) is 5. The van der Waals surface area contributed by atoms with Crippen LogP contribution in [0.3, 0.4) is 0 Å². The Balaban J connectivity index is 1.11. The molecule has 3 heterocycles. The molecule has 7 N–H and O–H groups in total. The number of fused-ring (bicyclic) bond motifs is 1. The van der Waals surface area contributed by atoms with Crippen LogP contribution in [-0.4, -0.2) is 50.2 Å². The van der Waals surface area contributed by atoms with Crippen LogP contribution >= 0.6 is 35.0 Å². The second-order valence-corrected chi connectivity index (χ2v) is 11.1. The Morgan fingerprint density at radius 3 is 2.57 bits per heavy atom. The first-order valence-corrected chi connectivity index (χ1v) is 13.7. The molecule has 3 atom stereocenters. The molecule has 2 saturated heterocycles. The van der Waals surface area contributed by atoms with Crippen LogP contribution in [0.1, 0.15) is 25.7 Å². The molecule has 194 valence electrons. The highest BCUT2D eigenvalue weighted by Crippen LogP contribution is 2.38. The topological polar surface area (TPSA) is 150 Å². The minimum Gasteiger partial charge on any atom is -0.368 e. The number of H-pyrrole nitrogens is 1. The maximum Gasteiger partial charge on any atom is 0.315 e. The fraction of sp³-hybridized carbons (Fsp3) is 0.333. The van der Waals surface area contributed by atoms with Gasteiger partial charge >= 0.3 is 6.03 Å². The minimum absolute atomic E-state index is 0.0281. The summed E-state index contributed by atoms with van der Waals surface area (Å²) in [5, 5.41) is 19.7. The third-order valence-corrected chi connectivity index (χ3v) is 8.44. The molecule has 0 aliphatic carbocycles. The molecule has 5 rings (SSSR count). The Kier molecular flexibility index (Phi) is 7.63. The standard InChI is InChI=1S/C24H26Cl2N8O2S/c25-15-9-14(29-23-32-22(27)33-34-23)10-16(26)20(15)12-5-7-13(8-6-12)28-19(35)4-2-1-3-18-21-17(11-37-18)30-24(36)31-21/h5-10,17-18,21H,1-4,11H2,(H,28,35)(H2,30,31,36)(H4,27,29,32,33,34)/t17-,18-,21-/m0/s1. The predicted octanol–water partition coefficient (Wildman–Crippen LogP) is 4.77. The highest BCUT2D eigenvalue weighted by molar-refractivity contribution is 8.00. The van der Waals surface area contributed by atoms with Crippen molar-refractivity contribution in [3.05, 3.63) is 46.4 Å². The lowest BCUT2D eigenvalue weighted by molar-refractivity contribution is -0.116. The molecule has 0 bridgehead atoms. The Hall–Kier alpha value is -3.15. The smallest absolute Gasteiger partial charge is 0.315 e. The Morgan fingerprint density at radius 2 is 1.86 bits per heavy atom. The van der Waals surface area contributed by atoms with E-state index >= 15 is 0 Å². The maximum atomic E-state index is 12.4. The van der Waals surface area contributed by atoms with Gasteiger partial charge in [-0.25, -0.2) is 9.89 Å². The molecular weight excluding hydrogens is 535 g/mol. The molecule has 1 aromatic heterocycles. The van der Waals surface area contributed by atoms with Gasteiger partial charge < -0.3 is 27.0 Å². The minimum atomic E-state index is -0.0713. The summed E-state index contributed by atoms with van der Waals surface area (Å²) in [6, 6.07) is 11.2. The lowest BCUT2D eigenvalue weighted by atomic mass is 10.0. The van der Waals surface area contributed by atoms with Crippen LogP contribution in [0.5, 0.6) is 0 Å². The van der Waals surface area contributed by atoms with Gasteiger partial charge in [0, 0.05) is 34.4 Å². The SMILES string of the molecule is Nc1nc(Nc2cc(Cl)c(-c3ccc(NC(=O)CCCC[C@@H]4SC[C@@H]5NC(=O)N[C@@H]54)cc3)c(Cl)c2)n[nH]1. The normalized spacial score (nSPS) is 20.3. The number of nitrogens with zero attached hydrogens (tertiary/aromatic N) is 2. The van der Waals surface area contributed by atoms with Gasteiger partial charge in [-0.15, -0.1) is 5.10 Å². The second-order valence-electron chi connectivity index (χ2n) is 8.98. The number of nitrogens with two attached hydrogens (primary N) is 1. The molecule has 2 aliphatic heterocycles. The molecule has 2 aliphatic rings. The van der Waals surface area contributed by atoms with Gasteiger partial charge in [-0.1, -0.05) is 41.8 Å². The van der Waals surface area contributed by atoms with Gasteiger partial charge in [0.25, 0.3) is 0 Å². The summed E-state index contributed by atoms with van der Waals surface area (Å²) in [7, 11) is 0. The zero-order valence-electron chi connectivity index (χ0n) is 19.7. The quantitative estimate of drug-likeness (QED) is 0.163. The first-order valence-electron chi connectivity index (χ1n) is 11.9. The Bertz CT molecular complexity index is 1280. The van der Waals surface area contributed by atoms with E-state index in [0.717, 1.165) is 30.6 Å². The van der Waals surface area contributed by atoms with Gasteiger partial charge in [0.15, 0.2) is 0 Å². The van der Waals surface area contributed by atoms with Crippen molar-refractivity contribution in [3.8, 4) is 11.1 Å². The van der Waals surface area contributed by atoms with Crippen molar-refractivity contribution < 1.29 is 9.59 Å². The Labute approximate surface area is 227 Å². The number of carbonyl (C=O) groups is 2. The predicted molar refractivity (Wildman–Crippen MR) is 149 cm³/mol. The van der Waals surface area contributed by atoms with Gasteiger partial charge in [0.2, 0.25) is 17.8 Å². The number of amides is 3. The van der Waals surface area contributed by atoms with E-state index in [9.17, 15) is 9.59 Å². The highest BCUT2D eigenvalue weighted by atomic mass is 35.5. The van der Waals surface area contributed by atoms with E-state index < -0.39 is 0 Å². The van der Waals surface area contributed by atoms with Crippen molar-refractivity contribution in [2.75, 3.05) is 22.1 Å². The summed E-state index contributed by atoms with van der Waals surface area (Å²) in [6.07, 6.45) is 3.17. The number of carbonyl (C=O) groups excluding carboxylic acids is 2. The van der Waals surface area contributed by atoms with Crippen LogP contribution in [0, 0.1) is 0 Å². The number of hydrogen-bond donors (Lipinski definition) is 6. The first-order chi connectivity index (χ1) is 17.9. The molecule has 10 nitrogen and oxygen atoms in total. The summed E-state index contributed by atoms with van der Waals surface area (Å²) in [5.41, 5.74) is 8.38. The molecule has 0 spiro atoms. The number of halogens is 2. The number of aromatic amines is 1. The maximum absolute atomic E-state index is 12.4. The molecule has 3 aromatic rings. The van der Waals surface area contributed by atoms with Crippen molar-refractivity contribution in [2.45, 2.75) is 43.0 Å². The number of hydrogen-bond acceptors (Lipinski definition) is 7. The van der Waals surface area contributed by atoms with E-state index in [-0.39, 0.29) is 30.0 Å². The van der Waals surface area contributed by atoms with Crippen LogP contribution in [0.15, 0.2) is 36.4 Å². The summed E-state index contributed by atoms with van der Waals surface area (Å²) in [6.45, 7) is 0. The van der Waals surface area contributed by atoms with E-state index in [2.05, 4.69) is 36.4 Å². The molecule has 13 heteroatoms. The summed E-state index contributed by atoms with van der Waals surface area (Å²) < 4.78 is 0. The van der Waals surface area contributed by atoms with E-state index in [0.29, 0.717) is 44.6 Å². The zero-order chi connectivity index (χ0) is 25.9. The van der Waals surface area contributed by atoms with Crippen LogP contribution in [0.2, 0.25) is 10.0 Å². The monoisotopic (exact) mass is 560 g/mol. The van der Waals surface area contributed by atoms with Gasteiger partial charge in [0.05, 0.1) is 22.1 Å². The number of aromatic nitrogens is 3. The van der Waals surface area contributed by atoms with Crippen LogP contribution in [-0.2, 0) is 4.79 Å².